The molecule has 1 fully saturated rings. The highest BCUT2D eigenvalue weighted by molar-refractivity contribution is 9.11. The van der Waals surface area contributed by atoms with E-state index in [0.29, 0.717) is 12.6 Å². The lowest BCUT2D eigenvalue weighted by Gasteiger charge is -2.14. The van der Waals surface area contributed by atoms with Gasteiger partial charge in [0, 0.05) is 15.0 Å². The average Bonchev–Trinajstić information content (AvgIpc) is 2.84. The molecule has 1 amide bonds. The Morgan fingerprint density at radius 3 is 2.42 bits per heavy atom. The van der Waals surface area contributed by atoms with Gasteiger partial charge in [0.2, 0.25) is 5.91 Å². The van der Waals surface area contributed by atoms with Crippen LogP contribution in [0.15, 0.2) is 21.1 Å². The zero-order chi connectivity index (χ0) is 13.8. The maximum Gasteiger partial charge on any atom is 0.238 e. The van der Waals surface area contributed by atoms with Gasteiger partial charge in [0.15, 0.2) is 0 Å². The van der Waals surface area contributed by atoms with E-state index in [4.69, 9.17) is 0 Å². The van der Waals surface area contributed by atoms with Crippen LogP contribution in [0.2, 0.25) is 0 Å². The molecule has 3 nitrogen and oxygen atoms in total. The Labute approximate surface area is 130 Å². The molecule has 0 aliphatic heterocycles. The summed E-state index contributed by atoms with van der Waals surface area (Å²) < 4.78 is 1.79. The van der Waals surface area contributed by atoms with Crippen LogP contribution in [0.4, 0.5) is 5.69 Å². The smallest absolute Gasteiger partial charge is 0.238 e. The fraction of sp³-hybridized carbons (Fsp3) is 0.500. The quantitative estimate of drug-likeness (QED) is 0.817. The standard InChI is InChI=1S/C14H18Br2N2O/c1-9-6-11(15)14(12(16)7-9)18-13(19)8-17-10-4-2-3-5-10/h6-7,10,17H,2-5,8H2,1H3,(H,18,19). The Hall–Kier alpha value is -0.390. The predicted molar refractivity (Wildman–Crippen MR) is 85.5 cm³/mol. The van der Waals surface area contributed by atoms with Crippen LogP contribution >= 0.6 is 31.9 Å². The highest BCUT2D eigenvalue weighted by atomic mass is 79.9. The van der Waals surface area contributed by atoms with Crippen LogP contribution in [0.1, 0.15) is 31.2 Å². The second-order valence-corrected chi connectivity index (χ2v) is 6.72. The van der Waals surface area contributed by atoms with Crippen molar-refractivity contribution in [2.75, 3.05) is 11.9 Å². The van der Waals surface area contributed by atoms with Gasteiger partial charge in [0.25, 0.3) is 0 Å². The molecule has 19 heavy (non-hydrogen) atoms. The zero-order valence-corrected chi connectivity index (χ0v) is 14.1. The van der Waals surface area contributed by atoms with Crippen molar-refractivity contribution in [1.29, 1.82) is 0 Å². The number of carbonyl (C=O) groups is 1. The van der Waals surface area contributed by atoms with E-state index in [1.54, 1.807) is 0 Å². The molecule has 0 unspecified atom stereocenters. The number of carbonyl (C=O) groups excluding carboxylic acids is 1. The maximum atomic E-state index is 11.9. The van der Waals surface area contributed by atoms with Crippen molar-refractivity contribution in [1.82, 2.24) is 5.32 Å². The first-order valence-corrected chi connectivity index (χ1v) is 8.14. The van der Waals surface area contributed by atoms with E-state index in [-0.39, 0.29) is 5.91 Å². The number of anilines is 1. The van der Waals surface area contributed by atoms with Crippen LogP contribution < -0.4 is 10.6 Å². The van der Waals surface area contributed by atoms with Crippen LogP contribution in [-0.4, -0.2) is 18.5 Å². The minimum absolute atomic E-state index is 0.00264. The molecular formula is C14H18Br2N2O. The van der Waals surface area contributed by atoms with Crippen molar-refractivity contribution < 1.29 is 4.79 Å². The number of benzene rings is 1. The van der Waals surface area contributed by atoms with E-state index in [9.17, 15) is 4.79 Å². The Balaban J connectivity index is 1.91. The summed E-state index contributed by atoms with van der Waals surface area (Å²) in [6.07, 6.45) is 4.92. The highest BCUT2D eigenvalue weighted by Crippen LogP contribution is 2.32. The molecule has 0 aromatic heterocycles. The molecule has 1 saturated carbocycles. The van der Waals surface area contributed by atoms with Gasteiger partial charge in [-0.05, 0) is 69.3 Å². The lowest BCUT2D eigenvalue weighted by atomic mass is 10.2. The number of hydrogen-bond donors (Lipinski definition) is 2. The molecule has 0 radical (unpaired) electrons. The first-order chi connectivity index (χ1) is 9.06. The van der Waals surface area contributed by atoms with Crippen molar-refractivity contribution >= 4 is 43.5 Å². The van der Waals surface area contributed by atoms with Gasteiger partial charge in [-0.1, -0.05) is 12.8 Å². The summed E-state index contributed by atoms with van der Waals surface area (Å²) in [4.78, 5) is 11.9. The molecule has 0 bridgehead atoms. The molecular weight excluding hydrogens is 372 g/mol. The van der Waals surface area contributed by atoms with Gasteiger partial charge in [-0.25, -0.2) is 0 Å². The summed E-state index contributed by atoms with van der Waals surface area (Å²) in [5, 5.41) is 6.24. The van der Waals surface area contributed by atoms with E-state index in [2.05, 4.69) is 42.5 Å². The van der Waals surface area contributed by atoms with E-state index in [0.717, 1.165) is 20.2 Å². The fourth-order valence-corrected chi connectivity index (χ4v) is 3.98. The molecule has 1 aromatic carbocycles. The number of halogens is 2. The zero-order valence-electron chi connectivity index (χ0n) is 10.9. The second-order valence-electron chi connectivity index (χ2n) is 5.01. The van der Waals surface area contributed by atoms with Crippen LogP contribution in [0.5, 0.6) is 0 Å². The Morgan fingerprint density at radius 1 is 1.26 bits per heavy atom. The molecule has 0 heterocycles. The van der Waals surface area contributed by atoms with Crippen molar-refractivity contribution in [3.05, 3.63) is 26.6 Å². The summed E-state index contributed by atoms with van der Waals surface area (Å²) in [5.41, 5.74) is 1.93. The molecule has 0 saturated heterocycles. The summed E-state index contributed by atoms with van der Waals surface area (Å²) in [5.74, 6) is -0.00264. The van der Waals surface area contributed by atoms with E-state index in [1.165, 1.54) is 25.7 Å². The topological polar surface area (TPSA) is 41.1 Å². The number of rotatable bonds is 4. The number of hydrogen-bond acceptors (Lipinski definition) is 2. The van der Waals surface area contributed by atoms with E-state index in [1.807, 2.05) is 19.1 Å². The van der Waals surface area contributed by atoms with Gasteiger partial charge in [-0.2, -0.15) is 0 Å². The van der Waals surface area contributed by atoms with Crippen molar-refractivity contribution in [2.45, 2.75) is 38.6 Å². The lowest BCUT2D eigenvalue weighted by Crippen LogP contribution is -2.34. The summed E-state index contributed by atoms with van der Waals surface area (Å²) in [7, 11) is 0. The van der Waals surface area contributed by atoms with Gasteiger partial charge in [0.1, 0.15) is 0 Å². The van der Waals surface area contributed by atoms with Gasteiger partial charge in [0.05, 0.1) is 12.2 Å². The molecule has 0 atom stereocenters. The third-order valence-electron chi connectivity index (χ3n) is 3.36. The van der Waals surface area contributed by atoms with Crippen molar-refractivity contribution in [2.24, 2.45) is 0 Å². The van der Waals surface area contributed by atoms with Crippen LogP contribution in [-0.2, 0) is 4.79 Å². The van der Waals surface area contributed by atoms with Gasteiger partial charge < -0.3 is 10.6 Å². The summed E-state index contributed by atoms with van der Waals surface area (Å²) in [6, 6.07) is 4.49. The molecule has 1 aliphatic rings. The molecule has 2 N–H and O–H groups in total. The average molecular weight is 390 g/mol. The number of amides is 1. The first kappa shape index (κ1) is 15.0. The number of nitrogens with one attached hydrogen (secondary N) is 2. The van der Waals surface area contributed by atoms with Crippen molar-refractivity contribution in [3.63, 3.8) is 0 Å². The molecule has 2 rings (SSSR count). The lowest BCUT2D eigenvalue weighted by molar-refractivity contribution is -0.115. The highest BCUT2D eigenvalue weighted by Gasteiger charge is 2.16. The molecule has 1 aliphatic carbocycles. The predicted octanol–water partition coefficient (Wildman–Crippen LogP) is 3.99. The Morgan fingerprint density at radius 2 is 1.84 bits per heavy atom. The minimum atomic E-state index is -0.00264. The van der Waals surface area contributed by atoms with E-state index >= 15 is 0 Å². The maximum absolute atomic E-state index is 11.9. The van der Waals surface area contributed by atoms with Gasteiger partial charge >= 0.3 is 0 Å². The normalized spacial score (nSPS) is 15.7. The minimum Gasteiger partial charge on any atom is -0.323 e. The van der Waals surface area contributed by atoms with Crippen LogP contribution in [0.25, 0.3) is 0 Å². The third kappa shape index (κ3) is 4.29. The molecule has 1 aromatic rings. The fourth-order valence-electron chi connectivity index (χ4n) is 2.37. The third-order valence-corrected chi connectivity index (χ3v) is 4.61. The summed E-state index contributed by atoms with van der Waals surface area (Å²) in [6.45, 7) is 2.39. The summed E-state index contributed by atoms with van der Waals surface area (Å²) >= 11 is 6.96. The van der Waals surface area contributed by atoms with Crippen molar-refractivity contribution in [3.8, 4) is 0 Å². The largest absolute Gasteiger partial charge is 0.323 e. The van der Waals surface area contributed by atoms with Gasteiger partial charge in [-0.3, -0.25) is 4.79 Å². The SMILES string of the molecule is Cc1cc(Br)c(NC(=O)CNC2CCCC2)c(Br)c1. The second kappa shape index (κ2) is 6.86. The molecule has 5 heteroatoms. The van der Waals surface area contributed by atoms with Crippen LogP contribution in [0.3, 0.4) is 0 Å². The number of aryl methyl sites for hydroxylation is 1. The molecule has 104 valence electrons. The Bertz CT molecular complexity index is 448. The van der Waals surface area contributed by atoms with Gasteiger partial charge in [-0.15, -0.1) is 0 Å². The van der Waals surface area contributed by atoms with E-state index < -0.39 is 0 Å². The molecule has 0 spiro atoms. The first-order valence-electron chi connectivity index (χ1n) is 6.55. The van der Waals surface area contributed by atoms with Crippen LogP contribution in [0, 0.1) is 6.92 Å². The Kier molecular flexibility index (Phi) is 5.42. The monoisotopic (exact) mass is 388 g/mol.